The van der Waals surface area contributed by atoms with Crippen molar-refractivity contribution in [2.75, 3.05) is 39.2 Å². The van der Waals surface area contributed by atoms with Crippen LogP contribution in [0.4, 0.5) is 5.69 Å². The number of carbonyl (C=O) groups excluding carboxylic acids is 2. The highest BCUT2D eigenvalue weighted by Gasteiger charge is 2.28. The number of fused-ring (bicyclic) bond motifs is 2. The molecule has 1 N–H and O–H groups in total. The van der Waals surface area contributed by atoms with Crippen molar-refractivity contribution in [3.05, 3.63) is 88.9 Å². The van der Waals surface area contributed by atoms with E-state index in [2.05, 4.69) is 53.3 Å². The highest BCUT2D eigenvalue weighted by molar-refractivity contribution is 7.20. The van der Waals surface area contributed by atoms with Gasteiger partial charge < -0.3 is 19.7 Å². The monoisotopic (exact) mass is 572 g/mol. The quantitative estimate of drug-likeness (QED) is 0.337. The van der Waals surface area contributed by atoms with Crippen LogP contribution >= 0.6 is 11.3 Å². The van der Waals surface area contributed by atoms with Crippen LogP contribution in [-0.4, -0.2) is 72.6 Å². The van der Waals surface area contributed by atoms with E-state index >= 15 is 0 Å². The van der Waals surface area contributed by atoms with Gasteiger partial charge in [0.15, 0.2) is 5.01 Å². The van der Waals surface area contributed by atoms with E-state index in [4.69, 9.17) is 9.47 Å². The molecule has 1 aliphatic heterocycles. The molecule has 0 fully saturated rings. The number of hydrogen-bond donors (Lipinski definition) is 1. The first-order valence-electron chi connectivity index (χ1n) is 13.8. The van der Waals surface area contributed by atoms with Crippen LogP contribution in [0.1, 0.15) is 39.6 Å². The molecular formula is C32H36N4O4S. The zero-order chi connectivity index (χ0) is 28.9. The Morgan fingerprint density at radius 1 is 1.07 bits per heavy atom. The third kappa shape index (κ3) is 6.75. The van der Waals surface area contributed by atoms with Crippen molar-refractivity contribution >= 4 is 39.1 Å². The van der Waals surface area contributed by atoms with Gasteiger partial charge in [0.1, 0.15) is 12.4 Å². The molecule has 5 rings (SSSR count). The van der Waals surface area contributed by atoms with Gasteiger partial charge in [-0.1, -0.05) is 49.4 Å². The summed E-state index contributed by atoms with van der Waals surface area (Å²) in [6.07, 6.45) is -0.134. The summed E-state index contributed by atoms with van der Waals surface area (Å²) in [5.41, 5.74) is 2.98. The summed E-state index contributed by atoms with van der Waals surface area (Å²) in [7, 11) is 3.48. The number of nitrogens with one attached hydrogen (secondary N) is 1. The van der Waals surface area contributed by atoms with Gasteiger partial charge in [-0.2, -0.15) is 0 Å². The minimum Gasteiger partial charge on any atom is -0.491 e. The van der Waals surface area contributed by atoms with Crippen molar-refractivity contribution in [1.82, 2.24) is 14.8 Å². The largest absolute Gasteiger partial charge is 0.491 e. The number of thiazole rings is 1. The van der Waals surface area contributed by atoms with Crippen molar-refractivity contribution < 1.29 is 19.1 Å². The van der Waals surface area contributed by atoms with Crippen molar-refractivity contribution in [3.63, 3.8) is 0 Å². The van der Waals surface area contributed by atoms with E-state index in [1.165, 1.54) is 16.9 Å². The molecule has 41 heavy (non-hydrogen) atoms. The van der Waals surface area contributed by atoms with Crippen LogP contribution in [0, 0.1) is 5.92 Å². The standard InChI is InChI=1S/C32H36N4O4S/c1-21-17-36(18-23-10-6-5-7-11-23)22(2)20-40-27-16-24(14-15-25(27)32(38)35(3)19-28(21)39-4)33-30(37)31-34-26-12-8-9-13-29(26)41-31/h5-16,21-22,28H,17-20H2,1-4H3,(H,33,37)/t21-,22-,28-/m1/s1. The number of aromatic nitrogens is 1. The van der Waals surface area contributed by atoms with Gasteiger partial charge in [0.2, 0.25) is 0 Å². The molecule has 0 radical (unpaired) electrons. The van der Waals surface area contributed by atoms with Crippen LogP contribution < -0.4 is 10.1 Å². The second-order valence-electron chi connectivity index (χ2n) is 10.7. The number of anilines is 1. The molecule has 1 aliphatic rings. The number of nitrogens with zero attached hydrogens (tertiary/aromatic N) is 3. The normalized spacial score (nSPS) is 20.5. The highest BCUT2D eigenvalue weighted by atomic mass is 32.1. The molecule has 0 saturated carbocycles. The van der Waals surface area contributed by atoms with Crippen LogP contribution in [0.25, 0.3) is 10.2 Å². The van der Waals surface area contributed by atoms with Crippen LogP contribution in [0.2, 0.25) is 0 Å². The fourth-order valence-electron chi connectivity index (χ4n) is 5.12. The average molecular weight is 573 g/mol. The minimum atomic E-state index is -0.304. The zero-order valence-electron chi connectivity index (χ0n) is 23.9. The summed E-state index contributed by atoms with van der Waals surface area (Å²) in [5.74, 6) is 0.146. The molecule has 4 aromatic rings. The fourth-order valence-corrected chi connectivity index (χ4v) is 5.98. The Kier molecular flexibility index (Phi) is 8.97. The summed E-state index contributed by atoms with van der Waals surface area (Å²) in [6.45, 7) is 6.67. The first-order chi connectivity index (χ1) is 19.8. The number of methoxy groups -OCH3 is 1. The van der Waals surface area contributed by atoms with Crippen LogP contribution in [-0.2, 0) is 11.3 Å². The number of ether oxygens (including phenoxy) is 2. The topological polar surface area (TPSA) is 84.0 Å². The molecule has 9 heteroatoms. The second kappa shape index (κ2) is 12.8. The van der Waals surface area contributed by atoms with Gasteiger partial charge in [-0.3, -0.25) is 14.5 Å². The third-order valence-electron chi connectivity index (χ3n) is 7.55. The number of benzene rings is 3. The van der Waals surface area contributed by atoms with E-state index in [0.29, 0.717) is 35.2 Å². The van der Waals surface area contributed by atoms with Gasteiger partial charge in [0, 0.05) is 51.6 Å². The number of para-hydroxylation sites is 1. The number of likely N-dealkylation sites (N-methyl/N-ethyl adjacent to an activating group) is 1. The summed E-state index contributed by atoms with van der Waals surface area (Å²) >= 11 is 1.34. The molecule has 0 spiro atoms. The van der Waals surface area contributed by atoms with Gasteiger partial charge in [-0.25, -0.2) is 4.98 Å². The van der Waals surface area contributed by atoms with Crippen molar-refractivity contribution in [2.45, 2.75) is 32.5 Å². The van der Waals surface area contributed by atoms with Gasteiger partial charge in [0.25, 0.3) is 11.8 Å². The van der Waals surface area contributed by atoms with Gasteiger partial charge in [-0.15, -0.1) is 11.3 Å². The third-order valence-corrected chi connectivity index (χ3v) is 8.59. The van der Waals surface area contributed by atoms with Crippen LogP contribution in [0.15, 0.2) is 72.8 Å². The van der Waals surface area contributed by atoms with E-state index in [0.717, 1.165) is 23.3 Å². The van der Waals surface area contributed by atoms with Crippen LogP contribution in [0.5, 0.6) is 5.75 Å². The van der Waals surface area contributed by atoms with E-state index in [9.17, 15) is 9.59 Å². The maximum Gasteiger partial charge on any atom is 0.284 e. The Hall–Kier alpha value is -3.79. The van der Waals surface area contributed by atoms with E-state index in [1.54, 1.807) is 37.3 Å². The molecule has 0 bridgehead atoms. The summed E-state index contributed by atoms with van der Waals surface area (Å²) in [4.78, 5) is 35.1. The zero-order valence-corrected chi connectivity index (χ0v) is 24.7. The Morgan fingerprint density at radius 2 is 1.83 bits per heavy atom. The van der Waals surface area contributed by atoms with Crippen LogP contribution in [0.3, 0.4) is 0 Å². The molecule has 1 aromatic heterocycles. The first-order valence-corrected chi connectivity index (χ1v) is 14.6. The lowest BCUT2D eigenvalue weighted by Crippen LogP contribution is -2.46. The van der Waals surface area contributed by atoms with Gasteiger partial charge in [0.05, 0.1) is 21.9 Å². The number of hydrogen-bond acceptors (Lipinski definition) is 7. The Balaban J connectivity index is 1.42. The maximum atomic E-state index is 13.5. The molecule has 3 aromatic carbocycles. The van der Waals surface area contributed by atoms with E-state index in [1.807, 2.05) is 30.3 Å². The Labute approximate surface area is 244 Å². The highest BCUT2D eigenvalue weighted by Crippen LogP contribution is 2.28. The lowest BCUT2D eigenvalue weighted by atomic mass is 10.0. The Morgan fingerprint density at radius 3 is 2.59 bits per heavy atom. The average Bonchev–Trinajstić information content (AvgIpc) is 3.43. The summed E-state index contributed by atoms with van der Waals surface area (Å²) in [6, 6.07) is 23.3. The number of rotatable bonds is 5. The van der Waals surface area contributed by atoms with Gasteiger partial charge >= 0.3 is 0 Å². The first kappa shape index (κ1) is 28.7. The molecule has 3 atom stereocenters. The van der Waals surface area contributed by atoms with Gasteiger partial charge in [-0.05, 0) is 42.7 Å². The SMILES string of the molecule is CO[C@@H]1CN(C)C(=O)c2ccc(NC(=O)c3nc4ccccc4s3)cc2OC[C@@H](C)N(Cc2ccccc2)C[C@H]1C. The maximum absolute atomic E-state index is 13.5. The summed E-state index contributed by atoms with van der Waals surface area (Å²) < 4.78 is 13.2. The molecule has 0 saturated heterocycles. The lowest BCUT2D eigenvalue weighted by molar-refractivity contribution is 0.00922. The van der Waals surface area contributed by atoms with E-state index < -0.39 is 0 Å². The molecule has 0 aliphatic carbocycles. The van der Waals surface area contributed by atoms with Crippen molar-refractivity contribution in [3.8, 4) is 5.75 Å². The van der Waals surface area contributed by atoms with Crippen molar-refractivity contribution in [2.24, 2.45) is 5.92 Å². The Bertz CT molecular complexity index is 1480. The lowest BCUT2D eigenvalue weighted by Gasteiger charge is -2.36. The summed E-state index contributed by atoms with van der Waals surface area (Å²) in [5, 5.41) is 3.31. The fraction of sp³-hybridized carbons (Fsp3) is 0.344. The molecule has 0 unspecified atom stereocenters. The number of carbonyl (C=O) groups is 2. The predicted molar refractivity (Wildman–Crippen MR) is 163 cm³/mol. The van der Waals surface area contributed by atoms with Crippen molar-refractivity contribution in [1.29, 1.82) is 0 Å². The molecule has 214 valence electrons. The smallest absolute Gasteiger partial charge is 0.284 e. The molecule has 2 heterocycles. The minimum absolute atomic E-state index is 0.0521. The molecule has 2 amide bonds. The number of amides is 2. The molecular weight excluding hydrogens is 536 g/mol. The van der Waals surface area contributed by atoms with E-state index in [-0.39, 0.29) is 29.9 Å². The molecule has 8 nitrogen and oxygen atoms in total. The predicted octanol–water partition coefficient (Wildman–Crippen LogP) is 5.55. The second-order valence-corrected chi connectivity index (χ2v) is 11.7.